The highest BCUT2D eigenvalue weighted by Gasteiger charge is 2.34. The van der Waals surface area contributed by atoms with Crippen LogP contribution in [-0.4, -0.2) is 0 Å². The number of halogens is 2. The van der Waals surface area contributed by atoms with Gasteiger partial charge in [-0.2, -0.15) is 0 Å². The van der Waals surface area contributed by atoms with Crippen LogP contribution in [0.1, 0.15) is 22.3 Å². The summed E-state index contributed by atoms with van der Waals surface area (Å²) in [5, 5.41) is 0. The molecule has 28 heavy (non-hydrogen) atoms. The van der Waals surface area contributed by atoms with Gasteiger partial charge in [0.1, 0.15) is 11.6 Å². The molecular formula is C26H14F2. The first-order valence-corrected chi connectivity index (χ1v) is 9.27. The predicted octanol–water partition coefficient (Wildman–Crippen LogP) is 6.93. The van der Waals surface area contributed by atoms with Crippen LogP contribution in [0.4, 0.5) is 8.78 Å². The fourth-order valence-corrected chi connectivity index (χ4v) is 4.67. The van der Waals surface area contributed by atoms with Crippen LogP contribution in [0.3, 0.4) is 0 Å². The Labute approximate surface area is 161 Å². The van der Waals surface area contributed by atoms with Gasteiger partial charge in [0.15, 0.2) is 0 Å². The SMILES string of the molecule is Fc1cccc2c1C(=C1c3ccccc3-c3cccc(F)c31)c1ccccc1-2. The summed E-state index contributed by atoms with van der Waals surface area (Å²) in [6, 6.07) is 26.1. The van der Waals surface area contributed by atoms with Crippen molar-refractivity contribution in [3.63, 3.8) is 0 Å². The molecule has 4 aromatic rings. The molecule has 0 bridgehead atoms. The van der Waals surface area contributed by atoms with Gasteiger partial charge in [-0.3, -0.25) is 0 Å². The fraction of sp³-hybridized carbons (Fsp3) is 0. The number of fused-ring (bicyclic) bond motifs is 6. The van der Waals surface area contributed by atoms with Crippen LogP contribution in [0.5, 0.6) is 0 Å². The summed E-state index contributed by atoms with van der Waals surface area (Å²) in [7, 11) is 0. The van der Waals surface area contributed by atoms with Crippen LogP contribution in [0.15, 0.2) is 84.9 Å². The minimum Gasteiger partial charge on any atom is -0.206 e. The monoisotopic (exact) mass is 364 g/mol. The smallest absolute Gasteiger partial charge is 0.131 e. The van der Waals surface area contributed by atoms with Crippen molar-refractivity contribution in [1.29, 1.82) is 0 Å². The van der Waals surface area contributed by atoms with E-state index in [-0.39, 0.29) is 11.6 Å². The first-order chi connectivity index (χ1) is 13.8. The molecule has 4 aromatic carbocycles. The minimum atomic E-state index is -0.279. The van der Waals surface area contributed by atoms with Crippen molar-refractivity contribution in [2.45, 2.75) is 0 Å². The van der Waals surface area contributed by atoms with Gasteiger partial charge < -0.3 is 0 Å². The molecule has 0 unspecified atom stereocenters. The molecule has 0 fully saturated rings. The lowest BCUT2D eigenvalue weighted by Gasteiger charge is -2.12. The summed E-state index contributed by atoms with van der Waals surface area (Å²) in [5.74, 6) is -0.558. The molecule has 0 nitrogen and oxygen atoms in total. The van der Waals surface area contributed by atoms with E-state index >= 15 is 8.78 Å². The zero-order valence-electron chi connectivity index (χ0n) is 14.8. The van der Waals surface area contributed by atoms with Crippen LogP contribution in [-0.2, 0) is 0 Å². The first-order valence-electron chi connectivity index (χ1n) is 9.27. The third-order valence-corrected chi connectivity index (χ3v) is 5.75. The van der Waals surface area contributed by atoms with Crippen molar-refractivity contribution in [3.05, 3.63) is 119 Å². The molecule has 2 aliphatic carbocycles. The molecule has 6 rings (SSSR count). The van der Waals surface area contributed by atoms with Crippen molar-refractivity contribution in [3.8, 4) is 22.3 Å². The van der Waals surface area contributed by atoms with E-state index < -0.39 is 0 Å². The number of benzene rings is 4. The van der Waals surface area contributed by atoms with Crippen molar-refractivity contribution < 1.29 is 8.78 Å². The van der Waals surface area contributed by atoms with Crippen molar-refractivity contribution >= 4 is 11.1 Å². The lowest BCUT2D eigenvalue weighted by Crippen LogP contribution is -1.95. The number of hydrogen-bond donors (Lipinski definition) is 0. The van der Waals surface area contributed by atoms with E-state index in [0.29, 0.717) is 11.1 Å². The highest BCUT2D eigenvalue weighted by molar-refractivity contribution is 6.18. The Hall–Kier alpha value is -3.52. The lowest BCUT2D eigenvalue weighted by atomic mass is 9.91. The van der Waals surface area contributed by atoms with Gasteiger partial charge in [-0.15, -0.1) is 0 Å². The summed E-state index contributed by atoms with van der Waals surface area (Å²) < 4.78 is 30.2. The topological polar surface area (TPSA) is 0 Å². The van der Waals surface area contributed by atoms with E-state index in [4.69, 9.17) is 0 Å². The summed E-state index contributed by atoms with van der Waals surface area (Å²) in [5.41, 5.74) is 8.27. The van der Waals surface area contributed by atoms with E-state index in [0.717, 1.165) is 44.5 Å². The van der Waals surface area contributed by atoms with Gasteiger partial charge in [0.05, 0.1) is 0 Å². The van der Waals surface area contributed by atoms with E-state index in [9.17, 15) is 0 Å². The molecule has 0 amide bonds. The van der Waals surface area contributed by atoms with Gasteiger partial charge in [0.25, 0.3) is 0 Å². The zero-order valence-corrected chi connectivity index (χ0v) is 14.8. The molecule has 2 heteroatoms. The van der Waals surface area contributed by atoms with E-state index in [2.05, 4.69) is 0 Å². The maximum absolute atomic E-state index is 15.1. The molecule has 0 heterocycles. The van der Waals surface area contributed by atoms with Crippen molar-refractivity contribution in [2.75, 3.05) is 0 Å². The van der Waals surface area contributed by atoms with E-state index in [1.165, 1.54) is 12.1 Å². The molecule has 0 aromatic heterocycles. The quantitative estimate of drug-likeness (QED) is 0.274. The second-order valence-corrected chi connectivity index (χ2v) is 7.17. The Morgan fingerprint density at radius 1 is 0.357 bits per heavy atom. The Bertz CT molecular complexity index is 1230. The van der Waals surface area contributed by atoms with Gasteiger partial charge in [0.2, 0.25) is 0 Å². The summed E-state index contributed by atoms with van der Waals surface area (Å²) >= 11 is 0. The van der Waals surface area contributed by atoms with Crippen LogP contribution in [0.25, 0.3) is 33.4 Å². The molecule has 0 spiro atoms. The van der Waals surface area contributed by atoms with Crippen molar-refractivity contribution in [2.24, 2.45) is 0 Å². The third kappa shape index (κ3) is 1.87. The Morgan fingerprint density at radius 3 is 1.14 bits per heavy atom. The second-order valence-electron chi connectivity index (χ2n) is 7.17. The van der Waals surface area contributed by atoms with E-state index in [1.807, 2.05) is 60.7 Å². The van der Waals surface area contributed by atoms with Gasteiger partial charge in [-0.1, -0.05) is 72.8 Å². The summed E-state index contributed by atoms with van der Waals surface area (Å²) in [4.78, 5) is 0. The first kappa shape index (κ1) is 15.5. The van der Waals surface area contributed by atoms with Gasteiger partial charge in [-0.25, -0.2) is 8.78 Å². The van der Waals surface area contributed by atoms with Crippen LogP contribution < -0.4 is 0 Å². The maximum Gasteiger partial charge on any atom is 0.131 e. The summed E-state index contributed by atoms with van der Waals surface area (Å²) in [6.45, 7) is 0. The fourth-order valence-electron chi connectivity index (χ4n) is 4.67. The van der Waals surface area contributed by atoms with Crippen LogP contribution in [0.2, 0.25) is 0 Å². The molecule has 0 atom stereocenters. The van der Waals surface area contributed by atoms with Gasteiger partial charge in [-0.05, 0) is 45.5 Å². The average molecular weight is 364 g/mol. The minimum absolute atomic E-state index is 0.279. The standard InChI is InChI=1S/C26H14F2/c27-21-13-5-11-17-15-7-1-3-9-19(15)25(23(17)21)26-20-10-4-2-8-16(20)18-12-6-14-22(28)24(18)26/h1-14H. The Balaban J connectivity index is 1.85. The van der Waals surface area contributed by atoms with Crippen LogP contribution >= 0.6 is 0 Å². The molecule has 0 radical (unpaired) electrons. The number of hydrogen-bond acceptors (Lipinski definition) is 0. The molecule has 132 valence electrons. The second kappa shape index (κ2) is 5.49. The lowest BCUT2D eigenvalue weighted by molar-refractivity contribution is 0.623. The predicted molar refractivity (Wildman–Crippen MR) is 109 cm³/mol. The third-order valence-electron chi connectivity index (χ3n) is 5.75. The molecule has 0 N–H and O–H groups in total. The largest absolute Gasteiger partial charge is 0.206 e. The van der Waals surface area contributed by atoms with Crippen molar-refractivity contribution in [1.82, 2.24) is 0 Å². The highest BCUT2D eigenvalue weighted by atomic mass is 19.1. The molecule has 0 saturated heterocycles. The number of rotatable bonds is 0. The molecule has 0 saturated carbocycles. The average Bonchev–Trinajstić information content (AvgIpc) is 3.23. The van der Waals surface area contributed by atoms with Gasteiger partial charge >= 0.3 is 0 Å². The molecule has 0 aliphatic heterocycles. The highest BCUT2D eigenvalue weighted by Crippen LogP contribution is 2.54. The maximum atomic E-state index is 15.1. The molecular weight excluding hydrogens is 350 g/mol. The normalized spacial score (nSPS) is 15.8. The Kier molecular flexibility index (Phi) is 3.05. The molecule has 2 aliphatic rings. The van der Waals surface area contributed by atoms with Gasteiger partial charge in [0, 0.05) is 22.3 Å². The Morgan fingerprint density at radius 2 is 0.714 bits per heavy atom. The summed E-state index contributed by atoms with van der Waals surface area (Å²) in [6.07, 6.45) is 0. The van der Waals surface area contributed by atoms with E-state index in [1.54, 1.807) is 12.1 Å². The van der Waals surface area contributed by atoms with Crippen LogP contribution in [0, 0.1) is 11.6 Å². The zero-order chi connectivity index (χ0) is 18.8.